The van der Waals surface area contributed by atoms with E-state index in [0.29, 0.717) is 12.0 Å². The van der Waals surface area contributed by atoms with Crippen LogP contribution in [0.25, 0.3) is 0 Å². The Bertz CT molecular complexity index is 295. The van der Waals surface area contributed by atoms with Crippen molar-refractivity contribution in [1.82, 2.24) is 16.0 Å². The quantitative estimate of drug-likeness (QED) is 0.671. The normalized spacial score (nSPS) is 18.6. The molecule has 1 fully saturated rings. The van der Waals surface area contributed by atoms with Gasteiger partial charge < -0.3 is 10.6 Å². The third-order valence-electron chi connectivity index (χ3n) is 3.91. The van der Waals surface area contributed by atoms with Gasteiger partial charge in [0.05, 0.1) is 6.04 Å². The molecule has 0 heterocycles. The molecule has 0 aromatic carbocycles. The molecule has 0 radical (unpaired) electrons. The van der Waals surface area contributed by atoms with Crippen molar-refractivity contribution in [2.75, 3.05) is 13.1 Å². The van der Waals surface area contributed by atoms with Crippen molar-refractivity contribution in [2.45, 2.75) is 52.5 Å². The molecule has 0 aromatic rings. The van der Waals surface area contributed by atoms with Gasteiger partial charge in [0.15, 0.2) is 0 Å². The van der Waals surface area contributed by atoms with E-state index in [9.17, 15) is 9.59 Å². The highest BCUT2D eigenvalue weighted by Crippen LogP contribution is 2.43. The van der Waals surface area contributed by atoms with Crippen molar-refractivity contribution < 1.29 is 9.59 Å². The van der Waals surface area contributed by atoms with Gasteiger partial charge in [-0.1, -0.05) is 13.3 Å². The lowest BCUT2D eigenvalue weighted by molar-refractivity contribution is -0.121. The third-order valence-corrected chi connectivity index (χ3v) is 3.91. The number of hydrogen-bond acceptors (Lipinski definition) is 3. The minimum atomic E-state index is -0.426. The highest BCUT2D eigenvalue weighted by atomic mass is 16.2. The molecule has 5 nitrogen and oxygen atoms in total. The Morgan fingerprint density at radius 3 is 2.39 bits per heavy atom. The van der Waals surface area contributed by atoms with Crippen molar-refractivity contribution in [3.05, 3.63) is 0 Å². The second kappa shape index (κ2) is 6.73. The molecule has 3 N–H and O–H groups in total. The van der Waals surface area contributed by atoms with Crippen LogP contribution in [0.15, 0.2) is 0 Å². The fourth-order valence-electron chi connectivity index (χ4n) is 2.22. The molecule has 0 saturated heterocycles. The monoisotopic (exact) mass is 255 g/mol. The van der Waals surface area contributed by atoms with Gasteiger partial charge in [0.1, 0.15) is 0 Å². The number of carbonyl (C=O) groups excluding carboxylic acids is 2. The lowest BCUT2D eigenvalue weighted by Crippen LogP contribution is -2.51. The van der Waals surface area contributed by atoms with Crippen LogP contribution >= 0.6 is 0 Å². The van der Waals surface area contributed by atoms with Crippen LogP contribution in [0.2, 0.25) is 0 Å². The Morgan fingerprint density at radius 2 is 1.94 bits per heavy atom. The summed E-state index contributed by atoms with van der Waals surface area (Å²) in [6.45, 7) is 7.16. The third kappa shape index (κ3) is 3.98. The molecular weight excluding hydrogens is 230 g/mol. The molecule has 1 aliphatic rings. The van der Waals surface area contributed by atoms with Crippen LogP contribution < -0.4 is 16.0 Å². The first kappa shape index (κ1) is 15.0. The van der Waals surface area contributed by atoms with E-state index in [1.165, 1.54) is 19.3 Å². The second-order valence-corrected chi connectivity index (χ2v) is 5.16. The molecule has 0 aliphatic heterocycles. The average Bonchev–Trinajstić information content (AvgIpc) is 2.28. The average molecular weight is 255 g/mol. The number of amides is 3. The van der Waals surface area contributed by atoms with E-state index >= 15 is 0 Å². The lowest BCUT2D eigenvalue weighted by Gasteiger charge is -2.42. The van der Waals surface area contributed by atoms with Crippen molar-refractivity contribution in [3.63, 3.8) is 0 Å². The maximum Gasteiger partial charge on any atom is 0.321 e. The first-order chi connectivity index (χ1) is 8.53. The summed E-state index contributed by atoms with van der Waals surface area (Å²) in [5, 5.41) is 8.09. The number of nitrogens with one attached hydrogen (secondary N) is 3. The highest BCUT2D eigenvalue weighted by molar-refractivity contribution is 5.96. The summed E-state index contributed by atoms with van der Waals surface area (Å²) in [5.41, 5.74) is 0.375. The summed E-state index contributed by atoms with van der Waals surface area (Å²) in [6, 6.07) is -0.762. The number of hydrogen-bond donors (Lipinski definition) is 3. The van der Waals surface area contributed by atoms with Gasteiger partial charge >= 0.3 is 6.03 Å². The lowest BCUT2D eigenvalue weighted by atomic mass is 9.67. The maximum absolute atomic E-state index is 11.7. The minimum Gasteiger partial charge on any atom is -0.338 e. The number of imide groups is 1. The SMILES string of the molecule is CCNC(=O)NC(=O)C(C)NCC1(CC)CCC1. The van der Waals surface area contributed by atoms with Gasteiger partial charge in [-0.15, -0.1) is 0 Å². The molecule has 0 spiro atoms. The van der Waals surface area contributed by atoms with Gasteiger partial charge in [-0.05, 0) is 38.5 Å². The first-order valence-electron chi connectivity index (χ1n) is 6.85. The maximum atomic E-state index is 11.7. The summed E-state index contributed by atoms with van der Waals surface area (Å²) in [5.74, 6) is -0.272. The summed E-state index contributed by atoms with van der Waals surface area (Å²) < 4.78 is 0. The summed E-state index contributed by atoms with van der Waals surface area (Å²) in [6.07, 6.45) is 4.90. The van der Waals surface area contributed by atoms with Gasteiger partial charge in [-0.2, -0.15) is 0 Å². The van der Waals surface area contributed by atoms with Crippen LogP contribution in [0, 0.1) is 5.41 Å². The van der Waals surface area contributed by atoms with Crippen molar-refractivity contribution in [2.24, 2.45) is 5.41 Å². The molecule has 18 heavy (non-hydrogen) atoms. The zero-order valence-electron chi connectivity index (χ0n) is 11.6. The topological polar surface area (TPSA) is 70.2 Å². The van der Waals surface area contributed by atoms with Gasteiger partial charge in [0, 0.05) is 13.1 Å². The Hall–Kier alpha value is -1.10. The fraction of sp³-hybridized carbons (Fsp3) is 0.846. The summed E-state index contributed by atoms with van der Waals surface area (Å²) in [7, 11) is 0. The molecule has 0 aromatic heterocycles. The standard InChI is InChI=1S/C13H25N3O2/c1-4-13(7-6-8-13)9-15-10(3)11(17)16-12(18)14-5-2/h10,15H,4-9H2,1-3H3,(H2,14,16,17,18). The van der Waals surface area contributed by atoms with Crippen LogP contribution in [0.1, 0.15) is 46.5 Å². The molecule has 104 valence electrons. The highest BCUT2D eigenvalue weighted by Gasteiger charge is 2.35. The van der Waals surface area contributed by atoms with Crippen LogP contribution in [0.4, 0.5) is 4.79 Å². The molecule has 3 amide bonds. The molecule has 1 unspecified atom stereocenters. The molecule has 1 rings (SSSR count). The summed E-state index contributed by atoms with van der Waals surface area (Å²) >= 11 is 0. The fourth-order valence-corrected chi connectivity index (χ4v) is 2.22. The minimum absolute atomic E-state index is 0.272. The van der Waals surface area contributed by atoms with Crippen LogP contribution in [0.3, 0.4) is 0 Å². The van der Waals surface area contributed by atoms with Crippen LogP contribution in [0.5, 0.6) is 0 Å². The molecular formula is C13H25N3O2. The van der Waals surface area contributed by atoms with Crippen molar-refractivity contribution >= 4 is 11.9 Å². The van der Waals surface area contributed by atoms with E-state index in [1.54, 1.807) is 6.92 Å². The second-order valence-electron chi connectivity index (χ2n) is 5.16. The molecule has 1 saturated carbocycles. The molecule has 1 aliphatic carbocycles. The van der Waals surface area contributed by atoms with Gasteiger partial charge in [0.2, 0.25) is 5.91 Å². The van der Waals surface area contributed by atoms with E-state index in [1.807, 2.05) is 6.92 Å². The van der Waals surface area contributed by atoms with Gasteiger partial charge in [-0.25, -0.2) is 4.79 Å². The van der Waals surface area contributed by atoms with Crippen LogP contribution in [-0.2, 0) is 4.79 Å². The summed E-state index contributed by atoms with van der Waals surface area (Å²) in [4.78, 5) is 22.9. The van der Waals surface area contributed by atoms with E-state index in [0.717, 1.165) is 13.0 Å². The predicted molar refractivity (Wildman–Crippen MR) is 71.3 cm³/mol. The van der Waals surface area contributed by atoms with E-state index in [2.05, 4.69) is 22.9 Å². The Morgan fingerprint density at radius 1 is 1.28 bits per heavy atom. The smallest absolute Gasteiger partial charge is 0.321 e. The zero-order valence-corrected chi connectivity index (χ0v) is 11.6. The Kier molecular flexibility index (Phi) is 5.59. The number of rotatable bonds is 6. The largest absolute Gasteiger partial charge is 0.338 e. The first-order valence-corrected chi connectivity index (χ1v) is 6.85. The van der Waals surface area contributed by atoms with E-state index < -0.39 is 6.03 Å². The molecule has 5 heteroatoms. The van der Waals surface area contributed by atoms with Gasteiger partial charge in [0.25, 0.3) is 0 Å². The predicted octanol–water partition coefficient (Wildman–Crippen LogP) is 1.39. The number of carbonyl (C=O) groups is 2. The van der Waals surface area contributed by atoms with Crippen LogP contribution in [-0.4, -0.2) is 31.1 Å². The Balaban J connectivity index is 2.29. The van der Waals surface area contributed by atoms with Crippen molar-refractivity contribution in [3.8, 4) is 0 Å². The number of urea groups is 1. The van der Waals surface area contributed by atoms with E-state index in [4.69, 9.17) is 0 Å². The van der Waals surface area contributed by atoms with Crippen molar-refractivity contribution in [1.29, 1.82) is 0 Å². The molecule has 1 atom stereocenters. The molecule has 0 bridgehead atoms. The van der Waals surface area contributed by atoms with Gasteiger partial charge in [-0.3, -0.25) is 10.1 Å². The zero-order chi connectivity index (χ0) is 13.6. The van der Waals surface area contributed by atoms with E-state index in [-0.39, 0.29) is 11.9 Å². The Labute approximate surface area is 109 Å².